The summed E-state index contributed by atoms with van der Waals surface area (Å²) in [4.78, 5) is 16.6. The maximum Gasteiger partial charge on any atom is 0.167 e. The Kier molecular flexibility index (Phi) is 3.17. The van der Waals surface area contributed by atoms with Gasteiger partial charge in [0.15, 0.2) is 5.78 Å². The van der Waals surface area contributed by atoms with Gasteiger partial charge in [0, 0.05) is 29.3 Å². The average Bonchev–Trinajstić information content (AvgIpc) is 2.47. The Hall–Kier alpha value is -2.68. The van der Waals surface area contributed by atoms with Crippen LogP contribution in [0.3, 0.4) is 0 Å². The highest BCUT2D eigenvalue weighted by atomic mass is 16.1. The lowest BCUT2D eigenvalue weighted by molar-refractivity contribution is 0.0993. The lowest BCUT2D eigenvalue weighted by atomic mass is 10.0. The van der Waals surface area contributed by atoms with E-state index in [1.54, 1.807) is 6.20 Å². The molecule has 0 radical (unpaired) electrons. The Morgan fingerprint density at radius 3 is 2.80 bits per heavy atom. The molecule has 1 aromatic heterocycles. The van der Waals surface area contributed by atoms with Crippen molar-refractivity contribution in [2.24, 2.45) is 0 Å². The molecule has 3 nitrogen and oxygen atoms in total. The van der Waals surface area contributed by atoms with Gasteiger partial charge in [-0.25, -0.2) is 0 Å². The van der Waals surface area contributed by atoms with Gasteiger partial charge in [-0.1, -0.05) is 30.3 Å². The number of Topliss-reactive ketones (excluding diaryl/α,β-unsaturated/α-hetero) is 1. The molecule has 0 unspecified atom stereocenters. The number of hydrogen-bond acceptors (Lipinski definition) is 3. The Balaban J connectivity index is 1.88. The van der Waals surface area contributed by atoms with E-state index in [0.29, 0.717) is 17.7 Å². The zero-order valence-corrected chi connectivity index (χ0v) is 10.9. The lowest BCUT2D eigenvalue weighted by Crippen LogP contribution is -2.04. The van der Waals surface area contributed by atoms with Crippen LogP contribution >= 0.6 is 0 Å². The van der Waals surface area contributed by atoms with Gasteiger partial charge in [-0.05, 0) is 29.8 Å². The molecule has 0 saturated carbocycles. The van der Waals surface area contributed by atoms with Crippen molar-refractivity contribution in [2.45, 2.75) is 6.42 Å². The first-order chi connectivity index (χ1) is 9.72. The van der Waals surface area contributed by atoms with Crippen LogP contribution in [0, 0.1) is 0 Å². The molecule has 0 bridgehead atoms. The monoisotopic (exact) mass is 262 g/mol. The summed E-state index contributed by atoms with van der Waals surface area (Å²) in [5.41, 5.74) is 8.85. The second-order valence-corrected chi connectivity index (χ2v) is 4.76. The second kappa shape index (κ2) is 5.13. The Morgan fingerprint density at radius 1 is 1.05 bits per heavy atom. The number of carbonyl (C=O) groups is 1. The van der Waals surface area contributed by atoms with Crippen molar-refractivity contribution in [3.63, 3.8) is 0 Å². The van der Waals surface area contributed by atoms with Crippen LogP contribution in [0.1, 0.15) is 15.9 Å². The molecule has 0 aliphatic carbocycles. The van der Waals surface area contributed by atoms with Gasteiger partial charge in [0.2, 0.25) is 0 Å². The highest BCUT2D eigenvalue weighted by Gasteiger charge is 2.08. The van der Waals surface area contributed by atoms with E-state index in [9.17, 15) is 4.79 Å². The first kappa shape index (κ1) is 12.4. The molecule has 2 aromatic carbocycles. The number of anilines is 1. The molecule has 0 atom stereocenters. The van der Waals surface area contributed by atoms with Gasteiger partial charge in [-0.2, -0.15) is 0 Å². The Morgan fingerprint density at radius 2 is 1.95 bits per heavy atom. The molecule has 0 saturated heterocycles. The van der Waals surface area contributed by atoms with Gasteiger partial charge in [-0.15, -0.1) is 0 Å². The van der Waals surface area contributed by atoms with Crippen molar-refractivity contribution in [3.8, 4) is 0 Å². The third-order valence-corrected chi connectivity index (χ3v) is 3.24. The van der Waals surface area contributed by atoms with Crippen molar-refractivity contribution in [3.05, 3.63) is 71.9 Å². The highest BCUT2D eigenvalue weighted by Crippen LogP contribution is 2.16. The van der Waals surface area contributed by atoms with E-state index in [-0.39, 0.29) is 5.78 Å². The molecule has 0 aliphatic heterocycles. The van der Waals surface area contributed by atoms with E-state index in [4.69, 9.17) is 5.73 Å². The van der Waals surface area contributed by atoms with E-state index in [2.05, 4.69) is 4.98 Å². The van der Waals surface area contributed by atoms with Gasteiger partial charge in [0.1, 0.15) is 0 Å². The third kappa shape index (κ3) is 2.52. The molecule has 3 aromatic rings. The molecule has 1 heterocycles. The van der Waals surface area contributed by atoms with E-state index >= 15 is 0 Å². The van der Waals surface area contributed by atoms with Crippen molar-refractivity contribution in [1.29, 1.82) is 0 Å². The minimum Gasteiger partial charge on any atom is -0.399 e. The number of nitrogens with zero attached hydrogens (tertiary/aromatic N) is 1. The summed E-state index contributed by atoms with van der Waals surface area (Å²) in [6, 6.07) is 16.9. The number of aromatic nitrogens is 1. The average molecular weight is 262 g/mol. The summed E-state index contributed by atoms with van der Waals surface area (Å²) in [7, 11) is 0. The topological polar surface area (TPSA) is 56.0 Å². The van der Waals surface area contributed by atoms with Gasteiger partial charge >= 0.3 is 0 Å². The molecule has 98 valence electrons. The van der Waals surface area contributed by atoms with Gasteiger partial charge < -0.3 is 5.73 Å². The first-order valence-corrected chi connectivity index (χ1v) is 6.45. The maximum atomic E-state index is 12.3. The molecule has 2 N–H and O–H groups in total. The van der Waals surface area contributed by atoms with Crippen LogP contribution in [0.15, 0.2) is 60.8 Å². The molecular weight excluding hydrogens is 248 g/mol. The quantitative estimate of drug-likeness (QED) is 0.582. The third-order valence-electron chi connectivity index (χ3n) is 3.24. The minimum atomic E-state index is 0.0724. The van der Waals surface area contributed by atoms with Crippen LogP contribution < -0.4 is 5.73 Å². The fourth-order valence-corrected chi connectivity index (χ4v) is 2.23. The number of carbonyl (C=O) groups excluding carboxylic acids is 1. The van der Waals surface area contributed by atoms with Crippen molar-refractivity contribution in [2.75, 3.05) is 5.73 Å². The van der Waals surface area contributed by atoms with Crippen LogP contribution in [0.2, 0.25) is 0 Å². The van der Waals surface area contributed by atoms with Crippen LogP contribution in [0.5, 0.6) is 0 Å². The number of rotatable bonds is 3. The summed E-state index contributed by atoms with van der Waals surface area (Å²) in [6.07, 6.45) is 2.08. The van der Waals surface area contributed by atoms with Gasteiger partial charge in [0.25, 0.3) is 0 Å². The summed E-state index contributed by atoms with van der Waals surface area (Å²) in [5, 5.41) is 1.04. The fourth-order valence-electron chi connectivity index (χ4n) is 2.23. The molecule has 20 heavy (non-hydrogen) atoms. The Labute approximate surface area is 117 Å². The first-order valence-electron chi connectivity index (χ1n) is 6.45. The number of pyridine rings is 1. The zero-order chi connectivity index (χ0) is 13.9. The molecule has 0 spiro atoms. The van der Waals surface area contributed by atoms with E-state index < -0.39 is 0 Å². The minimum absolute atomic E-state index is 0.0724. The Bertz CT molecular complexity index is 781. The predicted molar refractivity (Wildman–Crippen MR) is 80.6 cm³/mol. The van der Waals surface area contributed by atoms with Gasteiger partial charge in [0.05, 0.1) is 5.52 Å². The van der Waals surface area contributed by atoms with Crippen LogP contribution in [0.25, 0.3) is 10.9 Å². The predicted octanol–water partition coefficient (Wildman–Crippen LogP) is 3.24. The molecule has 0 fully saturated rings. The van der Waals surface area contributed by atoms with Crippen LogP contribution in [0.4, 0.5) is 5.69 Å². The van der Waals surface area contributed by atoms with Crippen LogP contribution in [-0.4, -0.2) is 10.8 Å². The van der Waals surface area contributed by atoms with Crippen molar-refractivity contribution < 1.29 is 4.79 Å². The molecule has 3 rings (SSSR count). The molecule has 0 aliphatic rings. The number of hydrogen-bond donors (Lipinski definition) is 1. The second-order valence-electron chi connectivity index (χ2n) is 4.76. The molecular formula is C17H14N2O. The van der Waals surface area contributed by atoms with Crippen LogP contribution in [-0.2, 0) is 6.42 Å². The summed E-state index contributed by atoms with van der Waals surface area (Å²) in [6.45, 7) is 0. The molecule has 3 heteroatoms. The van der Waals surface area contributed by atoms with Gasteiger partial charge in [-0.3, -0.25) is 9.78 Å². The smallest absolute Gasteiger partial charge is 0.167 e. The standard InChI is InChI=1S/C17H14N2O/c18-15-5-1-3-12(9-15)10-17(20)14-7-6-13-4-2-8-19-16(13)11-14/h1-9,11H,10,18H2. The normalized spacial score (nSPS) is 10.6. The van der Waals surface area contributed by atoms with Crippen molar-refractivity contribution >= 4 is 22.4 Å². The summed E-state index contributed by atoms with van der Waals surface area (Å²) < 4.78 is 0. The largest absolute Gasteiger partial charge is 0.399 e. The number of benzene rings is 2. The number of fused-ring (bicyclic) bond motifs is 1. The zero-order valence-electron chi connectivity index (χ0n) is 10.9. The SMILES string of the molecule is Nc1cccc(CC(=O)c2ccc3cccnc3c2)c1. The summed E-state index contributed by atoms with van der Waals surface area (Å²) in [5.74, 6) is 0.0724. The number of nitrogen functional groups attached to an aromatic ring is 1. The van der Waals surface area contributed by atoms with E-state index in [0.717, 1.165) is 16.5 Å². The fraction of sp³-hybridized carbons (Fsp3) is 0.0588. The maximum absolute atomic E-state index is 12.3. The van der Waals surface area contributed by atoms with E-state index in [1.807, 2.05) is 54.6 Å². The lowest BCUT2D eigenvalue weighted by Gasteiger charge is -2.04. The number of ketones is 1. The summed E-state index contributed by atoms with van der Waals surface area (Å²) >= 11 is 0. The van der Waals surface area contributed by atoms with E-state index in [1.165, 1.54) is 0 Å². The molecule has 0 amide bonds. The van der Waals surface area contributed by atoms with Crippen molar-refractivity contribution in [1.82, 2.24) is 4.98 Å². The number of nitrogens with two attached hydrogens (primary N) is 1. The highest BCUT2D eigenvalue weighted by molar-refractivity contribution is 6.00.